The van der Waals surface area contributed by atoms with E-state index in [1.165, 1.54) is 0 Å². The average Bonchev–Trinajstić information content (AvgIpc) is 2.48. The Morgan fingerprint density at radius 2 is 1.43 bits per heavy atom. The fourth-order valence-corrected chi connectivity index (χ4v) is 2.16. The first-order valence-electron chi connectivity index (χ1n) is 9.75. The van der Waals surface area contributed by atoms with Crippen molar-refractivity contribution in [3.8, 4) is 0 Å². The molecule has 0 unspecified atom stereocenters. The molecule has 28 heavy (non-hydrogen) atoms. The molecular formula is C20H39N3O5. The van der Waals surface area contributed by atoms with Crippen LogP contribution in [0.25, 0.3) is 0 Å². The first kappa shape index (κ1) is 26.3. The van der Waals surface area contributed by atoms with Gasteiger partial charge in [0.1, 0.15) is 23.7 Å². The number of carbonyl (C=O) groups is 3. The maximum Gasteiger partial charge on any atom is 0.328 e. The van der Waals surface area contributed by atoms with Crippen LogP contribution in [0.2, 0.25) is 0 Å². The highest BCUT2D eigenvalue weighted by Gasteiger charge is 2.29. The van der Waals surface area contributed by atoms with Crippen molar-refractivity contribution in [3.05, 3.63) is 0 Å². The molecule has 0 aromatic carbocycles. The lowest BCUT2D eigenvalue weighted by atomic mass is 10.0. The Bertz CT molecular complexity index is 535. The van der Waals surface area contributed by atoms with E-state index in [1.54, 1.807) is 27.7 Å². The molecule has 0 bridgehead atoms. The molecule has 164 valence electrons. The average molecular weight is 402 g/mol. The van der Waals surface area contributed by atoms with Gasteiger partial charge in [-0.3, -0.25) is 9.59 Å². The van der Waals surface area contributed by atoms with E-state index in [-0.39, 0.29) is 12.5 Å². The standard InChI is InChI=1S/C20H39N3O5/c1-12(2)10-15(23-16(24)14(21)11-27-19(4,5)6)17(25)22-13(3)18(26)28-20(7,8)9/h12-15H,10-11,21H2,1-9H3,(H,22,25)(H,23,24)/t13-,14-,15-/m0/s1. The summed E-state index contributed by atoms with van der Waals surface area (Å²) in [5.41, 5.74) is 4.81. The fourth-order valence-electron chi connectivity index (χ4n) is 2.16. The molecule has 0 aliphatic carbocycles. The molecule has 0 heterocycles. The lowest BCUT2D eigenvalue weighted by Crippen LogP contribution is -2.55. The molecule has 4 N–H and O–H groups in total. The maximum atomic E-state index is 12.6. The summed E-state index contributed by atoms with van der Waals surface area (Å²) in [7, 11) is 0. The van der Waals surface area contributed by atoms with E-state index in [9.17, 15) is 14.4 Å². The predicted molar refractivity (Wildman–Crippen MR) is 109 cm³/mol. The zero-order chi connectivity index (χ0) is 22.3. The monoisotopic (exact) mass is 401 g/mol. The number of hydrogen-bond donors (Lipinski definition) is 3. The molecule has 0 saturated carbocycles. The summed E-state index contributed by atoms with van der Waals surface area (Å²) in [6, 6.07) is -2.54. The van der Waals surface area contributed by atoms with Crippen molar-refractivity contribution >= 4 is 17.8 Å². The normalized spacial score (nSPS) is 15.5. The number of nitrogens with two attached hydrogens (primary N) is 1. The Morgan fingerprint density at radius 1 is 0.893 bits per heavy atom. The third-order valence-corrected chi connectivity index (χ3v) is 3.49. The van der Waals surface area contributed by atoms with Crippen LogP contribution >= 0.6 is 0 Å². The van der Waals surface area contributed by atoms with Crippen LogP contribution in [0.3, 0.4) is 0 Å². The van der Waals surface area contributed by atoms with Gasteiger partial charge in [-0.25, -0.2) is 4.79 Å². The molecule has 8 nitrogen and oxygen atoms in total. The van der Waals surface area contributed by atoms with Crippen molar-refractivity contribution in [2.45, 2.75) is 98.1 Å². The molecule has 0 rings (SSSR count). The Kier molecular flexibility index (Phi) is 10.1. The zero-order valence-corrected chi connectivity index (χ0v) is 18.8. The van der Waals surface area contributed by atoms with Gasteiger partial charge < -0.3 is 25.8 Å². The Hall–Kier alpha value is -1.67. The minimum atomic E-state index is -0.898. The number of hydrogen-bond acceptors (Lipinski definition) is 6. The lowest BCUT2D eigenvalue weighted by Gasteiger charge is -2.26. The first-order chi connectivity index (χ1) is 12.5. The van der Waals surface area contributed by atoms with Crippen LogP contribution in [-0.4, -0.2) is 53.7 Å². The number of carbonyl (C=O) groups excluding carboxylic acids is 3. The number of nitrogens with one attached hydrogen (secondary N) is 2. The number of amides is 2. The smallest absolute Gasteiger partial charge is 0.328 e. The van der Waals surface area contributed by atoms with Crippen LogP contribution in [0, 0.1) is 5.92 Å². The summed E-state index contributed by atoms with van der Waals surface area (Å²) >= 11 is 0. The van der Waals surface area contributed by atoms with E-state index < -0.39 is 47.1 Å². The molecule has 2 amide bonds. The Morgan fingerprint density at radius 3 is 1.86 bits per heavy atom. The zero-order valence-electron chi connectivity index (χ0n) is 18.8. The number of esters is 1. The SMILES string of the molecule is CC(C)C[C@H](NC(=O)[C@@H](N)COC(C)(C)C)C(=O)N[C@@H](C)C(=O)OC(C)(C)C. The van der Waals surface area contributed by atoms with Crippen molar-refractivity contribution in [2.75, 3.05) is 6.61 Å². The van der Waals surface area contributed by atoms with Gasteiger partial charge >= 0.3 is 5.97 Å². The van der Waals surface area contributed by atoms with Crippen LogP contribution in [0.4, 0.5) is 0 Å². The summed E-state index contributed by atoms with van der Waals surface area (Å²) in [4.78, 5) is 37.1. The second kappa shape index (κ2) is 10.8. The van der Waals surface area contributed by atoms with E-state index in [1.807, 2.05) is 34.6 Å². The highest BCUT2D eigenvalue weighted by molar-refractivity contribution is 5.92. The highest BCUT2D eigenvalue weighted by Crippen LogP contribution is 2.10. The minimum Gasteiger partial charge on any atom is -0.458 e. The van der Waals surface area contributed by atoms with E-state index >= 15 is 0 Å². The van der Waals surface area contributed by atoms with Crippen LogP contribution in [0.15, 0.2) is 0 Å². The summed E-state index contributed by atoms with van der Waals surface area (Å²) in [6.07, 6.45) is 0.408. The van der Waals surface area contributed by atoms with Crippen LogP contribution in [0.1, 0.15) is 68.7 Å². The fraction of sp³-hybridized carbons (Fsp3) is 0.850. The van der Waals surface area contributed by atoms with Gasteiger partial charge in [-0.05, 0) is 60.8 Å². The molecule has 8 heteroatoms. The van der Waals surface area contributed by atoms with E-state index in [0.29, 0.717) is 6.42 Å². The first-order valence-corrected chi connectivity index (χ1v) is 9.75. The quantitative estimate of drug-likeness (QED) is 0.504. The maximum absolute atomic E-state index is 12.6. The van der Waals surface area contributed by atoms with E-state index in [2.05, 4.69) is 10.6 Å². The molecule has 0 saturated heterocycles. The number of rotatable bonds is 9. The van der Waals surface area contributed by atoms with Crippen LogP contribution < -0.4 is 16.4 Å². The molecule has 0 radical (unpaired) electrons. The molecule has 0 aliphatic rings. The van der Waals surface area contributed by atoms with Crippen molar-refractivity contribution in [3.63, 3.8) is 0 Å². The molecule has 0 fully saturated rings. The van der Waals surface area contributed by atoms with E-state index in [0.717, 1.165) is 0 Å². The lowest BCUT2D eigenvalue weighted by molar-refractivity contribution is -0.158. The van der Waals surface area contributed by atoms with Gasteiger partial charge in [0, 0.05) is 0 Å². The Labute approximate surface area is 169 Å². The van der Waals surface area contributed by atoms with Gasteiger partial charge in [0.2, 0.25) is 11.8 Å². The highest BCUT2D eigenvalue weighted by atomic mass is 16.6. The van der Waals surface area contributed by atoms with Crippen molar-refractivity contribution in [2.24, 2.45) is 11.7 Å². The summed E-state index contributed by atoms with van der Waals surface area (Å²) in [6.45, 7) is 16.3. The topological polar surface area (TPSA) is 120 Å². The largest absolute Gasteiger partial charge is 0.458 e. The second-order valence-corrected chi connectivity index (χ2v) is 9.48. The molecule has 0 aromatic rings. The van der Waals surface area contributed by atoms with Gasteiger partial charge in [0.05, 0.1) is 12.2 Å². The Balaban J connectivity index is 4.94. The van der Waals surface area contributed by atoms with Crippen molar-refractivity contribution in [1.29, 1.82) is 0 Å². The third kappa shape index (κ3) is 11.9. The summed E-state index contributed by atoms with van der Waals surface area (Å²) < 4.78 is 10.8. The van der Waals surface area contributed by atoms with Gasteiger partial charge in [-0.15, -0.1) is 0 Å². The molecule has 0 aromatic heterocycles. The summed E-state index contributed by atoms with van der Waals surface area (Å²) in [5, 5.41) is 5.28. The van der Waals surface area contributed by atoms with Gasteiger partial charge in [-0.1, -0.05) is 13.8 Å². The van der Waals surface area contributed by atoms with Crippen molar-refractivity contribution in [1.82, 2.24) is 10.6 Å². The third-order valence-electron chi connectivity index (χ3n) is 3.49. The molecule has 0 spiro atoms. The predicted octanol–water partition coefficient (Wildman–Crippen LogP) is 1.51. The number of ether oxygens (including phenoxy) is 2. The van der Waals surface area contributed by atoms with Crippen LogP contribution in [0.5, 0.6) is 0 Å². The molecular weight excluding hydrogens is 362 g/mol. The van der Waals surface area contributed by atoms with Crippen LogP contribution in [-0.2, 0) is 23.9 Å². The van der Waals surface area contributed by atoms with Gasteiger partial charge in [-0.2, -0.15) is 0 Å². The van der Waals surface area contributed by atoms with Crippen molar-refractivity contribution < 1.29 is 23.9 Å². The van der Waals surface area contributed by atoms with E-state index in [4.69, 9.17) is 15.2 Å². The molecule has 0 aliphatic heterocycles. The van der Waals surface area contributed by atoms with Gasteiger partial charge in [0.25, 0.3) is 0 Å². The van der Waals surface area contributed by atoms with Gasteiger partial charge in [0.15, 0.2) is 0 Å². The second-order valence-electron chi connectivity index (χ2n) is 9.48. The summed E-state index contributed by atoms with van der Waals surface area (Å²) in [5.74, 6) is -1.32. The minimum absolute atomic E-state index is 0.0413. The molecule has 3 atom stereocenters.